The first kappa shape index (κ1) is 20.3. The van der Waals surface area contributed by atoms with Gasteiger partial charge in [0.05, 0.1) is 22.0 Å². The number of oxazole rings is 1. The maximum Gasteiger partial charge on any atom is 0.245 e. The van der Waals surface area contributed by atoms with Crippen molar-refractivity contribution in [1.82, 2.24) is 14.4 Å². The van der Waals surface area contributed by atoms with Crippen LogP contribution in [0.25, 0.3) is 17.2 Å². The summed E-state index contributed by atoms with van der Waals surface area (Å²) in [6.07, 6.45) is 6.24. The van der Waals surface area contributed by atoms with E-state index in [0.717, 1.165) is 25.0 Å². The van der Waals surface area contributed by atoms with Gasteiger partial charge in [-0.15, -0.1) is 0 Å². The lowest BCUT2D eigenvalue weighted by Crippen LogP contribution is -2.03. The lowest BCUT2D eigenvalue weighted by Gasteiger charge is -2.10. The molecule has 0 bridgehead atoms. The molecule has 0 radical (unpaired) electrons. The zero-order valence-corrected chi connectivity index (χ0v) is 17.3. The molecule has 0 N–H and O–H groups in total. The van der Waals surface area contributed by atoms with Gasteiger partial charge in [0.25, 0.3) is 0 Å². The minimum atomic E-state index is -0.673. The summed E-state index contributed by atoms with van der Waals surface area (Å²) in [5, 5.41) is 0.378. The van der Waals surface area contributed by atoms with E-state index >= 15 is 0 Å². The average Bonchev–Trinajstić information content (AvgIpc) is 3.29. The number of ether oxygens (including phenoxy) is 1. The van der Waals surface area contributed by atoms with Gasteiger partial charge in [0.1, 0.15) is 30.2 Å². The van der Waals surface area contributed by atoms with Crippen LogP contribution in [-0.2, 0) is 13.0 Å². The molecule has 0 aliphatic heterocycles. The Morgan fingerprint density at radius 1 is 1.20 bits per heavy atom. The number of rotatable bonds is 7. The molecule has 30 heavy (non-hydrogen) atoms. The third-order valence-electron chi connectivity index (χ3n) is 4.80. The van der Waals surface area contributed by atoms with Gasteiger partial charge < -0.3 is 9.15 Å². The van der Waals surface area contributed by atoms with Crippen molar-refractivity contribution in [1.29, 1.82) is 0 Å². The first-order chi connectivity index (χ1) is 14.5. The molecule has 8 heteroatoms. The monoisotopic (exact) mass is 431 g/mol. The number of nitrogens with zero attached hydrogens (tertiary/aromatic N) is 3. The van der Waals surface area contributed by atoms with Crippen molar-refractivity contribution in [2.45, 2.75) is 39.7 Å². The molecule has 3 heterocycles. The van der Waals surface area contributed by atoms with Gasteiger partial charge in [-0.1, -0.05) is 31.0 Å². The molecule has 0 atom stereocenters. The van der Waals surface area contributed by atoms with Crippen LogP contribution in [0, 0.1) is 18.6 Å². The number of hydrogen-bond acceptors (Lipinski definition) is 4. The number of imidazole rings is 1. The highest BCUT2D eigenvalue weighted by Crippen LogP contribution is 2.32. The van der Waals surface area contributed by atoms with E-state index in [0.29, 0.717) is 33.7 Å². The summed E-state index contributed by atoms with van der Waals surface area (Å²) < 4.78 is 41.0. The zero-order valence-electron chi connectivity index (χ0n) is 16.6. The van der Waals surface area contributed by atoms with Gasteiger partial charge in [0, 0.05) is 12.3 Å². The van der Waals surface area contributed by atoms with E-state index in [-0.39, 0.29) is 12.2 Å². The van der Waals surface area contributed by atoms with Crippen molar-refractivity contribution in [3.05, 3.63) is 70.3 Å². The summed E-state index contributed by atoms with van der Waals surface area (Å²) in [4.78, 5) is 9.12. The summed E-state index contributed by atoms with van der Waals surface area (Å²) in [7, 11) is 0. The second-order valence-electron chi connectivity index (χ2n) is 7.00. The molecule has 0 unspecified atom stereocenters. The van der Waals surface area contributed by atoms with Gasteiger partial charge in [-0.2, -0.15) is 0 Å². The van der Waals surface area contributed by atoms with E-state index in [1.54, 1.807) is 22.9 Å². The van der Waals surface area contributed by atoms with Crippen molar-refractivity contribution in [2.75, 3.05) is 0 Å². The SMILES string of the molecule is CCCCc1coc(-c2c(C)nc3c(OCc4c(F)cccc4F)cc(Cl)cn23)n1. The normalized spacial score (nSPS) is 11.4. The Bertz CT molecular complexity index is 1180. The molecule has 0 saturated carbocycles. The minimum Gasteiger partial charge on any atom is -0.485 e. The number of pyridine rings is 1. The Balaban J connectivity index is 1.71. The van der Waals surface area contributed by atoms with Crippen molar-refractivity contribution in [3.8, 4) is 17.3 Å². The van der Waals surface area contributed by atoms with E-state index in [1.807, 2.05) is 6.92 Å². The molecule has 5 nitrogen and oxygen atoms in total. The van der Waals surface area contributed by atoms with Gasteiger partial charge in [-0.25, -0.2) is 18.7 Å². The second kappa shape index (κ2) is 8.44. The fourth-order valence-corrected chi connectivity index (χ4v) is 3.47. The van der Waals surface area contributed by atoms with E-state index in [1.165, 1.54) is 18.2 Å². The molecule has 3 aromatic heterocycles. The Kier molecular flexibility index (Phi) is 5.72. The summed E-state index contributed by atoms with van der Waals surface area (Å²) in [6.45, 7) is 3.65. The Morgan fingerprint density at radius 3 is 2.70 bits per heavy atom. The first-order valence-corrected chi connectivity index (χ1v) is 10.0. The third-order valence-corrected chi connectivity index (χ3v) is 5.01. The highest BCUT2D eigenvalue weighted by Gasteiger charge is 2.20. The molecule has 1 aromatic carbocycles. The highest BCUT2D eigenvalue weighted by atomic mass is 35.5. The van der Waals surface area contributed by atoms with Crippen LogP contribution in [0.4, 0.5) is 8.78 Å². The van der Waals surface area contributed by atoms with Crippen molar-refractivity contribution >= 4 is 17.2 Å². The van der Waals surface area contributed by atoms with Gasteiger partial charge in [-0.3, -0.25) is 4.40 Å². The Labute approximate surface area is 177 Å². The predicted octanol–water partition coefficient (Wildman–Crippen LogP) is 6.15. The molecule has 156 valence electrons. The fraction of sp³-hybridized carbons (Fsp3) is 0.273. The Morgan fingerprint density at radius 2 is 1.97 bits per heavy atom. The maximum atomic E-state index is 13.9. The molecule has 0 spiro atoms. The molecule has 0 aliphatic rings. The van der Waals surface area contributed by atoms with Crippen LogP contribution in [0.2, 0.25) is 5.02 Å². The molecule has 0 aliphatic carbocycles. The van der Waals surface area contributed by atoms with Crippen molar-refractivity contribution in [3.63, 3.8) is 0 Å². The lowest BCUT2D eigenvalue weighted by molar-refractivity contribution is 0.294. The average molecular weight is 432 g/mol. The summed E-state index contributed by atoms with van der Waals surface area (Å²) in [5.74, 6) is -0.614. The highest BCUT2D eigenvalue weighted by molar-refractivity contribution is 6.30. The van der Waals surface area contributed by atoms with Crippen molar-refractivity contribution < 1.29 is 17.9 Å². The number of aromatic nitrogens is 3. The number of aryl methyl sites for hydroxylation is 2. The summed E-state index contributed by atoms with van der Waals surface area (Å²) in [5.41, 5.74) is 2.49. The molecule has 0 amide bonds. The number of fused-ring (bicyclic) bond motifs is 1. The molecular weight excluding hydrogens is 412 g/mol. The Hall–Kier alpha value is -2.93. The van der Waals surface area contributed by atoms with Gasteiger partial charge >= 0.3 is 0 Å². The van der Waals surface area contributed by atoms with E-state index in [4.69, 9.17) is 20.8 Å². The predicted molar refractivity (Wildman–Crippen MR) is 110 cm³/mol. The maximum absolute atomic E-state index is 13.9. The molecule has 0 saturated heterocycles. The molecule has 4 aromatic rings. The van der Waals surface area contributed by atoms with Crippen LogP contribution < -0.4 is 4.74 Å². The number of halogens is 3. The van der Waals surface area contributed by atoms with Crippen LogP contribution in [-0.4, -0.2) is 14.4 Å². The van der Waals surface area contributed by atoms with Gasteiger partial charge in [-0.05, 0) is 31.9 Å². The number of benzene rings is 1. The lowest BCUT2D eigenvalue weighted by atomic mass is 10.2. The second-order valence-corrected chi connectivity index (χ2v) is 7.43. The van der Waals surface area contributed by atoms with Gasteiger partial charge in [0.15, 0.2) is 11.4 Å². The van der Waals surface area contributed by atoms with E-state index < -0.39 is 11.6 Å². The van der Waals surface area contributed by atoms with E-state index in [9.17, 15) is 8.78 Å². The first-order valence-electron chi connectivity index (χ1n) is 9.66. The number of unbranched alkanes of at least 4 members (excludes halogenated alkanes) is 1. The molecule has 0 fully saturated rings. The standard InChI is InChI=1S/C22H20ClF2N3O2/c1-3-4-6-15-11-30-22(27-15)20-13(2)26-21-19(9-14(23)10-28(20)21)29-12-16-17(24)7-5-8-18(16)25/h5,7-11H,3-4,6,12H2,1-2H3. The van der Waals surface area contributed by atoms with Crippen LogP contribution >= 0.6 is 11.6 Å². The quantitative estimate of drug-likeness (QED) is 0.352. The zero-order chi connectivity index (χ0) is 21.3. The van der Waals surface area contributed by atoms with Crippen LogP contribution in [0.5, 0.6) is 5.75 Å². The van der Waals surface area contributed by atoms with Gasteiger partial charge in [0.2, 0.25) is 5.89 Å². The number of hydrogen-bond donors (Lipinski definition) is 0. The van der Waals surface area contributed by atoms with Crippen LogP contribution in [0.15, 0.2) is 41.1 Å². The summed E-state index contributed by atoms with van der Waals surface area (Å²) >= 11 is 6.28. The fourth-order valence-electron chi connectivity index (χ4n) is 3.27. The minimum absolute atomic E-state index is 0.160. The van der Waals surface area contributed by atoms with Crippen LogP contribution in [0.3, 0.4) is 0 Å². The smallest absolute Gasteiger partial charge is 0.245 e. The van der Waals surface area contributed by atoms with Crippen LogP contribution in [0.1, 0.15) is 36.7 Å². The topological polar surface area (TPSA) is 52.6 Å². The van der Waals surface area contributed by atoms with Crippen molar-refractivity contribution in [2.24, 2.45) is 0 Å². The molecular formula is C22H20ClF2N3O2. The third kappa shape index (κ3) is 3.89. The van der Waals surface area contributed by atoms with E-state index in [2.05, 4.69) is 16.9 Å². The summed E-state index contributed by atoms with van der Waals surface area (Å²) in [6, 6.07) is 5.24. The largest absolute Gasteiger partial charge is 0.485 e. The molecule has 4 rings (SSSR count).